The lowest BCUT2D eigenvalue weighted by molar-refractivity contribution is 0.0849. The molecule has 3 aromatic rings. The van der Waals surface area contributed by atoms with Gasteiger partial charge in [-0.3, -0.25) is 4.79 Å². The van der Waals surface area contributed by atoms with E-state index < -0.39 is 0 Å². The molecule has 27 heavy (non-hydrogen) atoms. The van der Waals surface area contributed by atoms with Crippen LogP contribution in [0.15, 0.2) is 0 Å². The first-order chi connectivity index (χ1) is 13.1. The SMILES string of the molecule is Cc1nc2sc3c(c2c2nc(C(=O)NC[C@@H]4CCCO4)nn12)[C@H](C)CCC3. The van der Waals surface area contributed by atoms with Gasteiger partial charge in [0.1, 0.15) is 10.7 Å². The lowest BCUT2D eigenvalue weighted by Crippen LogP contribution is -2.32. The average Bonchev–Trinajstić information content (AvgIpc) is 3.37. The molecular formula is C19H23N5O2S. The Morgan fingerprint density at radius 3 is 3.04 bits per heavy atom. The highest BCUT2D eigenvalue weighted by atomic mass is 32.1. The molecule has 2 aliphatic rings. The van der Waals surface area contributed by atoms with Crippen LogP contribution in [0.4, 0.5) is 0 Å². The van der Waals surface area contributed by atoms with Crippen LogP contribution in [-0.2, 0) is 11.2 Å². The predicted octanol–water partition coefficient (Wildman–Crippen LogP) is 3.00. The molecule has 8 heteroatoms. The van der Waals surface area contributed by atoms with Gasteiger partial charge in [-0.2, -0.15) is 4.52 Å². The summed E-state index contributed by atoms with van der Waals surface area (Å²) in [7, 11) is 0. The lowest BCUT2D eigenvalue weighted by atomic mass is 9.87. The van der Waals surface area contributed by atoms with Crippen molar-refractivity contribution in [3.05, 3.63) is 22.1 Å². The Balaban J connectivity index is 1.55. The van der Waals surface area contributed by atoms with E-state index in [2.05, 4.69) is 22.3 Å². The minimum Gasteiger partial charge on any atom is -0.376 e. The second kappa shape index (κ2) is 6.53. The van der Waals surface area contributed by atoms with E-state index in [0.29, 0.717) is 12.5 Å². The van der Waals surface area contributed by atoms with Crippen LogP contribution in [0.3, 0.4) is 0 Å². The third-order valence-electron chi connectivity index (χ3n) is 5.66. The van der Waals surface area contributed by atoms with Gasteiger partial charge in [-0.1, -0.05) is 6.92 Å². The zero-order chi connectivity index (χ0) is 18.5. The van der Waals surface area contributed by atoms with Crippen LogP contribution in [0.2, 0.25) is 0 Å². The second-order valence-corrected chi connectivity index (χ2v) is 8.67. The maximum absolute atomic E-state index is 12.6. The number of fused-ring (bicyclic) bond motifs is 5. The highest BCUT2D eigenvalue weighted by molar-refractivity contribution is 7.19. The molecule has 1 aliphatic heterocycles. The molecule has 142 valence electrons. The van der Waals surface area contributed by atoms with Crippen molar-refractivity contribution in [1.29, 1.82) is 0 Å². The van der Waals surface area contributed by atoms with E-state index in [9.17, 15) is 4.79 Å². The maximum atomic E-state index is 12.6. The highest BCUT2D eigenvalue weighted by Gasteiger charge is 2.27. The summed E-state index contributed by atoms with van der Waals surface area (Å²) in [6.07, 6.45) is 5.65. The van der Waals surface area contributed by atoms with Gasteiger partial charge in [-0.25, -0.2) is 9.97 Å². The minimum atomic E-state index is -0.251. The van der Waals surface area contributed by atoms with E-state index in [1.807, 2.05) is 6.92 Å². The molecule has 1 N–H and O–H groups in total. The number of hydrogen-bond acceptors (Lipinski definition) is 6. The summed E-state index contributed by atoms with van der Waals surface area (Å²) in [6.45, 7) is 5.47. The van der Waals surface area contributed by atoms with E-state index in [-0.39, 0.29) is 17.8 Å². The number of nitrogens with one attached hydrogen (secondary N) is 1. The molecule has 0 unspecified atom stereocenters. The third kappa shape index (κ3) is 2.82. The zero-order valence-corrected chi connectivity index (χ0v) is 16.4. The van der Waals surface area contributed by atoms with Crippen LogP contribution >= 0.6 is 11.3 Å². The number of rotatable bonds is 3. The Morgan fingerprint density at radius 2 is 2.22 bits per heavy atom. The molecule has 2 atom stereocenters. The molecule has 3 aromatic heterocycles. The first-order valence-corrected chi connectivity index (χ1v) is 10.5. The summed E-state index contributed by atoms with van der Waals surface area (Å²) in [5.41, 5.74) is 2.11. The molecule has 1 amide bonds. The molecule has 0 spiro atoms. The fraction of sp³-hybridized carbons (Fsp3) is 0.579. The van der Waals surface area contributed by atoms with Crippen molar-refractivity contribution in [2.45, 2.75) is 58.0 Å². The fourth-order valence-electron chi connectivity index (χ4n) is 4.27. The van der Waals surface area contributed by atoms with Gasteiger partial charge < -0.3 is 10.1 Å². The van der Waals surface area contributed by atoms with Crippen molar-refractivity contribution >= 4 is 33.1 Å². The molecule has 0 radical (unpaired) electrons. The van der Waals surface area contributed by atoms with Gasteiger partial charge in [0.05, 0.1) is 11.5 Å². The van der Waals surface area contributed by atoms with Crippen molar-refractivity contribution in [2.75, 3.05) is 13.2 Å². The fourth-order valence-corrected chi connectivity index (χ4v) is 5.65. The van der Waals surface area contributed by atoms with Crippen molar-refractivity contribution in [3.63, 3.8) is 0 Å². The summed E-state index contributed by atoms with van der Waals surface area (Å²) >= 11 is 1.77. The van der Waals surface area contributed by atoms with E-state index in [1.54, 1.807) is 15.9 Å². The first-order valence-electron chi connectivity index (χ1n) is 9.70. The van der Waals surface area contributed by atoms with Gasteiger partial charge in [-0.15, -0.1) is 16.4 Å². The van der Waals surface area contributed by atoms with Crippen LogP contribution < -0.4 is 5.32 Å². The molecule has 0 bridgehead atoms. The van der Waals surface area contributed by atoms with Crippen LogP contribution in [0.5, 0.6) is 0 Å². The van der Waals surface area contributed by atoms with Crippen molar-refractivity contribution < 1.29 is 9.53 Å². The van der Waals surface area contributed by atoms with Gasteiger partial charge in [0.2, 0.25) is 5.82 Å². The Bertz CT molecular complexity index is 1030. The third-order valence-corrected chi connectivity index (χ3v) is 6.81. The predicted molar refractivity (Wildman–Crippen MR) is 104 cm³/mol. The Kier molecular flexibility index (Phi) is 4.12. The number of aryl methyl sites for hydroxylation is 2. The number of ether oxygens (including phenoxy) is 1. The van der Waals surface area contributed by atoms with Crippen LogP contribution in [0.1, 0.15) is 65.4 Å². The Morgan fingerprint density at radius 1 is 1.33 bits per heavy atom. The van der Waals surface area contributed by atoms with Crippen LogP contribution in [0, 0.1) is 6.92 Å². The molecule has 7 nitrogen and oxygen atoms in total. The van der Waals surface area contributed by atoms with E-state index >= 15 is 0 Å². The van der Waals surface area contributed by atoms with Gasteiger partial charge >= 0.3 is 0 Å². The van der Waals surface area contributed by atoms with Crippen molar-refractivity contribution in [3.8, 4) is 0 Å². The number of thiophene rings is 1. The number of aromatic nitrogens is 4. The normalized spacial score (nSPS) is 22.4. The van der Waals surface area contributed by atoms with E-state index in [0.717, 1.165) is 47.6 Å². The second-order valence-electron chi connectivity index (χ2n) is 7.59. The summed E-state index contributed by atoms with van der Waals surface area (Å²) in [5, 5.41) is 8.45. The smallest absolute Gasteiger partial charge is 0.291 e. The number of carbonyl (C=O) groups is 1. The quantitative estimate of drug-likeness (QED) is 0.750. The molecular weight excluding hydrogens is 362 g/mol. The summed E-state index contributed by atoms with van der Waals surface area (Å²) in [4.78, 5) is 24.4. The number of hydrogen-bond donors (Lipinski definition) is 1. The summed E-state index contributed by atoms with van der Waals surface area (Å²) in [6, 6.07) is 0. The molecule has 1 fully saturated rings. The Labute approximate surface area is 161 Å². The molecule has 1 aliphatic carbocycles. The first kappa shape index (κ1) is 17.1. The van der Waals surface area contributed by atoms with E-state index in [1.165, 1.54) is 23.3 Å². The van der Waals surface area contributed by atoms with Gasteiger partial charge in [0.15, 0.2) is 5.65 Å². The van der Waals surface area contributed by atoms with Gasteiger partial charge in [0, 0.05) is 18.0 Å². The molecule has 1 saturated heterocycles. The molecule has 0 saturated carbocycles. The summed E-state index contributed by atoms with van der Waals surface area (Å²) < 4.78 is 7.29. The number of nitrogens with zero attached hydrogens (tertiary/aromatic N) is 4. The van der Waals surface area contributed by atoms with E-state index in [4.69, 9.17) is 9.72 Å². The summed E-state index contributed by atoms with van der Waals surface area (Å²) in [5.74, 6) is 1.20. The van der Waals surface area contributed by atoms with Gasteiger partial charge in [0.25, 0.3) is 5.91 Å². The topological polar surface area (TPSA) is 81.4 Å². The van der Waals surface area contributed by atoms with Gasteiger partial charge in [-0.05, 0) is 50.5 Å². The zero-order valence-electron chi connectivity index (χ0n) is 15.6. The number of amides is 1. The highest BCUT2D eigenvalue weighted by Crippen LogP contribution is 2.42. The molecule has 4 heterocycles. The molecule has 0 aromatic carbocycles. The average molecular weight is 385 g/mol. The largest absolute Gasteiger partial charge is 0.376 e. The standard InChI is InChI=1S/C19H23N5O2S/c1-10-5-3-7-13-14(10)15-17-22-16(18(25)20-9-12-6-4-8-26-12)23-24(17)11(2)21-19(15)27-13/h10,12H,3-9H2,1-2H3,(H,20,25)/t10-,12+/m1/s1. The number of carbonyl (C=O) groups excluding carboxylic acids is 1. The van der Waals surface area contributed by atoms with Crippen LogP contribution in [0.25, 0.3) is 15.9 Å². The lowest BCUT2D eigenvalue weighted by Gasteiger charge is -2.18. The monoisotopic (exact) mass is 385 g/mol. The van der Waals surface area contributed by atoms with Crippen molar-refractivity contribution in [2.24, 2.45) is 0 Å². The van der Waals surface area contributed by atoms with Crippen molar-refractivity contribution in [1.82, 2.24) is 24.9 Å². The Hall–Kier alpha value is -2.06. The molecule has 5 rings (SSSR count). The maximum Gasteiger partial charge on any atom is 0.291 e. The van der Waals surface area contributed by atoms with Crippen LogP contribution in [-0.4, -0.2) is 44.7 Å². The minimum absolute atomic E-state index is 0.103.